The molecule has 0 aliphatic heterocycles. The maximum absolute atomic E-state index is 11.8. The predicted molar refractivity (Wildman–Crippen MR) is 102 cm³/mol. The Hall–Kier alpha value is -2.82. The lowest BCUT2D eigenvalue weighted by molar-refractivity contribution is -0.124. The first kappa shape index (κ1) is 19.5. The van der Waals surface area contributed by atoms with Crippen LogP contribution < -0.4 is 15.4 Å². The maximum atomic E-state index is 11.8. The largest absolute Gasteiger partial charge is 0.484 e. The molecule has 0 saturated carbocycles. The zero-order valence-corrected chi connectivity index (χ0v) is 15.3. The normalized spacial score (nSPS) is 10.4. The second-order valence-corrected chi connectivity index (χ2v) is 6.38. The van der Waals surface area contributed by atoms with Crippen molar-refractivity contribution in [1.29, 1.82) is 0 Å². The summed E-state index contributed by atoms with van der Waals surface area (Å²) < 4.78 is 5.52. The first-order valence-corrected chi connectivity index (χ1v) is 8.84. The van der Waals surface area contributed by atoms with Gasteiger partial charge in [0.25, 0.3) is 5.91 Å². The van der Waals surface area contributed by atoms with Crippen LogP contribution in [0.5, 0.6) is 5.75 Å². The van der Waals surface area contributed by atoms with Crippen LogP contribution in [0.4, 0.5) is 0 Å². The lowest BCUT2D eigenvalue weighted by atomic mass is 10.0. The molecule has 26 heavy (non-hydrogen) atoms. The molecule has 0 saturated heterocycles. The molecule has 0 bridgehead atoms. The van der Waals surface area contributed by atoms with E-state index in [0.717, 1.165) is 5.56 Å². The summed E-state index contributed by atoms with van der Waals surface area (Å²) in [4.78, 5) is 23.6. The minimum atomic E-state index is -0.211. The maximum Gasteiger partial charge on any atom is 0.258 e. The van der Waals surface area contributed by atoms with Gasteiger partial charge in [0.15, 0.2) is 6.61 Å². The van der Waals surface area contributed by atoms with Crippen LogP contribution in [0.1, 0.15) is 30.9 Å². The van der Waals surface area contributed by atoms with Crippen molar-refractivity contribution in [3.05, 3.63) is 65.7 Å². The lowest BCUT2D eigenvalue weighted by Crippen LogP contribution is -2.37. The molecule has 5 nitrogen and oxygen atoms in total. The van der Waals surface area contributed by atoms with Crippen molar-refractivity contribution in [2.24, 2.45) is 0 Å². The van der Waals surface area contributed by atoms with Gasteiger partial charge in [0, 0.05) is 13.1 Å². The number of rotatable bonds is 9. The molecule has 0 aliphatic carbocycles. The molecule has 5 heteroatoms. The Morgan fingerprint density at radius 2 is 1.62 bits per heavy atom. The van der Waals surface area contributed by atoms with Gasteiger partial charge in [-0.1, -0.05) is 56.3 Å². The molecule has 0 spiro atoms. The van der Waals surface area contributed by atoms with E-state index in [1.54, 1.807) is 0 Å². The van der Waals surface area contributed by atoms with Crippen molar-refractivity contribution in [3.8, 4) is 5.75 Å². The van der Waals surface area contributed by atoms with Gasteiger partial charge in [-0.25, -0.2) is 0 Å². The number of carbonyl (C=O) groups is 2. The molecular formula is C21H26N2O3. The Labute approximate surface area is 154 Å². The molecule has 0 heterocycles. The van der Waals surface area contributed by atoms with Crippen molar-refractivity contribution in [1.82, 2.24) is 10.6 Å². The summed E-state index contributed by atoms with van der Waals surface area (Å²) in [6.45, 7) is 4.93. The van der Waals surface area contributed by atoms with Crippen molar-refractivity contribution >= 4 is 11.8 Å². The molecule has 0 unspecified atom stereocenters. The highest BCUT2D eigenvalue weighted by molar-refractivity contribution is 5.79. The van der Waals surface area contributed by atoms with E-state index >= 15 is 0 Å². The lowest BCUT2D eigenvalue weighted by Gasteiger charge is -2.10. The summed E-state index contributed by atoms with van der Waals surface area (Å²) >= 11 is 0. The van der Waals surface area contributed by atoms with Gasteiger partial charge in [-0.2, -0.15) is 0 Å². The summed E-state index contributed by atoms with van der Waals surface area (Å²) in [5.41, 5.74) is 2.13. The third-order valence-corrected chi connectivity index (χ3v) is 3.87. The molecule has 0 fully saturated rings. The highest BCUT2D eigenvalue weighted by atomic mass is 16.5. The zero-order valence-electron chi connectivity index (χ0n) is 15.3. The number of nitrogens with one attached hydrogen (secondary N) is 2. The molecule has 2 rings (SSSR count). The molecule has 2 aromatic carbocycles. The smallest absolute Gasteiger partial charge is 0.258 e. The van der Waals surface area contributed by atoms with E-state index in [9.17, 15) is 9.59 Å². The molecule has 0 aliphatic rings. The highest BCUT2D eigenvalue weighted by Crippen LogP contribution is 2.19. The Bertz CT molecular complexity index is 714. The van der Waals surface area contributed by atoms with Crippen LogP contribution in [-0.4, -0.2) is 31.5 Å². The fourth-order valence-electron chi connectivity index (χ4n) is 2.41. The van der Waals surface area contributed by atoms with E-state index in [1.807, 2.05) is 54.6 Å². The molecule has 0 atom stereocenters. The fraction of sp³-hybridized carbons (Fsp3) is 0.333. The van der Waals surface area contributed by atoms with Gasteiger partial charge >= 0.3 is 0 Å². The third kappa shape index (κ3) is 6.97. The first-order valence-electron chi connectivity index (χ1n) is 8.84. The molecule has 138 valence electrons. The van der Waals surface area contributed by atoms with E-state index in [-0.39, 0.29) is 18.4 Å². The number of amides is 2. The minimum absolute atomic E-state index is 0.0422. The van der Waals surface area contributed by atoms with Crippen LogP contribution >= 0.6 is 0 Å². The Morgan fingerprint density at radius 1 is 0.923 bits per heavy atom. The van der Waals surface area contributed by atoms with Crippen LogP contribution in [0.25, 0.3) is 0 Å². The number of hydrogen-bond acceptors (Lipinski definition) is 3. The van der Waals surface area contributed by atoms with Gasteiger partial charge in [0.05, 0.1) is 6.42 Å². The number of benzene rings is 2. The van der Waals surface area contributed by atoms with Crippen molar-refractivity contribution in [3.63, 3.8) is 0 Å². The van der Waals surface area contributed by atoms with Crippen LogP contribution in [-0.2, 0) is 16.0 Å². The Kier molecular flexibility index (Phi) is 7.68. The average molecular weight is 354 g/mol. The van der Waals surface area contributed by atoms with Crippen molar-refractivity contribution in [2.75, 3.05) is 19.7 Å². The SMILES string of the molecule is CC(C)c1cccc(OCC(=O)NCCNC(=O)Cc2ccccc2)c1. The predicted octanol–water partition coefficient (Wildman–Crippen LogP) is 2.66. The molecular weight excluding hydrogens is 328 g/mol. The Balaban J connectivity index is 1.61. The summed E-state index contributed by atoms with van der Waals surface area (Å²) in [7, 11) is 0. The first-order chi connectivity index (χ1) is 12.5. The zero-order chi connectivity index (χ0) is 18.8. The fourth-order valence-corrected chi connectivity index (χ4v) is 2.41. The van der Waals surface area contributed by atoms with E-state index in [1.165, 1.54) is 5.56 Å². The van der Waals surface area contributed by atoms with E-state index in [0.29, 0.717) is 31.2 Å². The monoisotopic (exact) mass is 354 g/mol. The average Bonchev–Trinajstić information content (AvgIpc) is 2.64. The second-order valence-electron chi connectivity index (χ2n) is 6.38. The number of carbonyl (C=O) groups excluding carboxylic acids is 2. The van der Waals surface area contributed by atoms with Crippen LogP contribution in [0.2, 0.25) is 0 Å². The summed E-state index contributed by atoms with van der Waals surface area (Å²) in [5.74, 6) is 0.818. The summed E-state index contributed by atoms with van der Waals surface area (Å²) in [6, 6.07) is 17.3. The number of hydrogen-bond donors (Lipinski definition) is 2. The van der Waals surface area contributed by atoms with Gasteiger partial charge in [0.2, 0.25) is 5.91 Å². The Morgan fingerprint density at radius 3 is 2.31 bits per heavy atom. The van der Waals surface area contributed by atoms with Gasteiger partial charge in [0.1, 0.15) is 5.75 Å². The van der Waals surface area contributed by atoms with Gasteiger partial charge in [-0.05, 0) is 29.2 Å². The minimum Gasteiger partial charge on any atom is -0.484 e. The van der Waals surface area contributed by atoms with Crippen LogP contribution in [0, 0.1) is 0 Å². The van der Waals surface area contributed by atoms with Crippen molar-refractivity contribution < 1.29 is 14.3 Å². The van der Waals surface area contributed by atoms with Gasteiger partial charge in [-0.15, -0.1) is 0 Å². The molecule has 2 N–H and O–H groups in total. The molecule has 0 aromatic heterocycles. The molecule has 2 aromatic rings. The summed E-state index contributed by atoms with van der Waals surface area (Å²) in [6.07, 6.45) is 0.337. The molecule has 2 amide bonds. The standard InChI is InChI=1S/C21H26N2O3/c1-16(2)18-9-6-10-19(14-18)26-15-21(25)23-12-11-22-20(24)13-17-7-4-3-5-8-17/h3-10,14,16H,11-13,15H2,1-2H3,(H,22,24)(H,23,25). The van der Waals surface area contributed by atoms with E-state index in [2.05, 4.69) is 24.5 Å². The topological polar surface area (TPSA) is 67.4 Å². The van der Waals surface area contributed by atoms with Gasteiger partial charge in [-0.3, -0.25) is 9.59 Å². The quantitative estimate of drug-likeness (QED) is 0.681. The van der Waals surface area contributed by atoms with Gasteiger partial charge < -0.3 is 15.4 Å². The van der Waals surface area contributed by atoms with E-state index in [4.69, 9.17) is 4.74 Å². The third-order valence-electron chi connectivity index (χ3n) is 3.87. The summed E-state index contributed by atoms with van der Waals surface area (Å²) in [5, 5.41) is 5.52. The number of ether oxygens (including phenoxy) is 1. The molecule has 0 radical (unpaired) electrons. The van der Waals surface area contributed by atoms with Crippen LogP contribution in [0.15, 0.2) is 54.6 Å². The van der Waals surface area contributed by atoms with Crippen LogP contribution in [0.3, 0.4) is 0 Å². The highest BCUT2D eigenvalue weighted by Gasteiger charge is 2.06. The van der Waals surface area contributed by atoms with E-state index < -0.39 is 0 Å². The second kappa shape index (κ2) is 10.2. The van der Waals surface area contributed by atoms with Crippen molar-refractivity contribution in [2.45, 2.75) is 26.2 Å².